The third-order valence-corrected chi connectivity index (χ3v) is 2.85. The minimum atomic E-state index is -4.54. The summed E-state index contributed by atoms with van der Waals surface area (Å²) in [6.45, 7) is 4.62. The maximum Gasteiger partial charge on any atom is 0.428 e. The SMILES string of the molecule is C=C/C(F)=C(\N=C/C)OC1(C(F)(F)F)CCCC1. The van der Waals surface area contributed by atoms with Gasteiger partial charge in [-0.3, -0.25) is 0 Å². The molecule has 102 valence electrons. The van der Waals surface area contributed by atoms with Gasteiger partial charge < -0.3 is 4.74 Å². The Hall–Kier alpha value is -1.33. The lowest BCUT2D eigenvalue weighted by Crippen LogP contribution is -2.45. The molecule has 0 saturated heterocycles. The summed E-state index contributed by atoms with van der Waals surface area (Å²) in [5.74, 6) is -1.66. The first-order valence-electron chi connectivity index (χ1n) is 5.63. The molecule has 1 fully saturated rings. The normalized spacial score (nSPS) is 20.9. The molecule has 1 aliphatic rings. The number of aliphatic imine (C=N–C) groups is 1. The maximum atomic E-state index is 13.4. The average molecular weight is 265 g/mol. The number of nitrogens with zero attached hydrogens (tertiary/aromatic N) is 1. The summed E-state index contributed by atoms with van der Waals surface area (Å²) in [7, 11) is 0. The van der Waals surface area contributed by atoms with Crippen molar-refractivity contribution in [3.05, 3.63) is 24.4 Å². The van der Waals surface area contributed by atoms with Crippen LogP contribution < -0.4 is 0 Å². The monoisotopic (exact) mass is 265 g/mol. The Morgan fingerprint density at radius 2 is 1.89 bits per heavy atom. The smallest absolute Gasteiger partial charge is 0.428 e. The molecule has 0 spiro atoms. The molecule has 18 heavy (non-hydrogen) atoms. The van der Waals surface area contributed by atoms with Crippen LogP contribution in [0, 0.1) is 0 Å². The molecule has 1 rings (SSSR count). The molecule has 0 aromatic rings. The van der Waals surface area contributed by atoms with E-state index in [-0.39, 0.29) is 12.8 Å². The van der Waals surface area contributed by atoms with Crippen LogP contribution in [-0.2, 0) is 4.74 Å². The molecular weight excluding hydrogens is 250 g/mol. The number of rotatable bonds is 4. The van der Waals surface area contributed by atoms with Gasteiger partial charge in [-0.05, 0) is 38.7 Å². The minimum Gasteiger partial charge on any atom is -0.459 e. The Bertz CT molecular complexity index is 365. The Labute approximate surface area is 103 Å². The number of hydrogen-bond donors (Lipinski definition) is 0. The highest BCUT2D eigenvalue weighted by Gasteiger charge is 2.59. The van der Waals surface area contributed by atoms with E-state index >= 15 is 0 Å². The van der Waals surface area contributed by atoms with E-state index in [1.807, 2.05) is 0 Å². The zero-order valence-corrected chi connectivity index (χ0v) is 10.1. The van der Waals surface area contributed by atoms with E-state index in [4.69, 9.17) is 4.74 Å². The van der Waals surface area contributed by atoms with Crippen LogP contribution in [0.4, 0.5) is 17.6 Å². The fourth-order valence-electron chi connectivity index (χ4n) is 1.92. The summed E-state index contributed by atoms with van der Waals surface area (Å²) in [4.78, 5) is 3.50. The number of allylic oxidation sites excluding steroid dienone is 2. The predicted molar refractivity (Wildman–Crippen MR) is 60.8 cm³/mol. The summed E-state index contributed by atoms with van der Waals surface area (Å²) in [5.41, 5.74) is -2.32. The second-order valence-corrected chi connectivity index (χ2v) is 4.05. The highest BCUT2D eigenvalue weighted by molar-refractivity contribution is 5.55. The molecule has 0 bridgehead atoms. The van der Waals surface area contributed by atoms with Crippen molar-refractivity contribution in [1.29, 1.82) is 0 Å². The van der Waals surface area contributed by atoms with Crippen molar-refractivity contribution >= 4 is 6.21 Å². The standard InChI is InChI=1S/C12H15F4NO/c1-3-9(13)10(17-4-2)18-11(12(14,15)16)7-5-6-8-11/h3-4H,1,5-8H2,2H3/b10-9-,17-4-. The molecule has 0 heterocycles. The van der Waals surface area contributed by atoms with Gasteiger partial charge in [-0.2, -0.15) is 13.2 Å². The van der Waals surface area contributed by atoms with Crippen molar-refractivity contribution in [3.8, 4) is 0 Å². The summed E-state index contributed by atoms with van der Waals surface area (Å²) < 4.78 is 57.3. The van der Waals surface area contributed by atoms with E-state index in [1.165, 1.54) is 13.1 Å². The van der Waals surface area contributed by atoms with Gasteiger partial charge >= 0.3 is 6.18 Å². The maximum absolute atomic E-state index is 13.4. The van der Waals surface area contributed by atoms with Crippen LogP contribution in [0.15, 0.2) is 29.4 Å². The molecule has 0 aromatic carbocycles. The topological polar surface area (TPSA) is 21.6 Å². The molecule has 0 aromatic heterocycles. The molecule has 1 saturated carbocycles. The number of hydrogen-bond acceptors (Lipinski definition) is 2. The van der Waals surface area contributed by atoms with Gasteiger partial charge in [0, 0.05) is 6.21 Å². The van der Waals surface area contributed by atoms with Crippen LogP contribution in [0.25, 0.3) is 0 Å². The lowest BCUT2D eigenvalue weighted by atomic mass is 10.0. The number of alkyl halides is 3. The molecule has 0 unspecified atom stereocenters. The van der Waals surface area contributed by atoms with Crippen molar-refractivity contribution in [2.45, 2.75) is 44.4 Å². The van der Waals surface area contributed by atoms with Gasteiger partial charge in [0.1, 0.15) is 0 Å². The quantitative estimate of drug-likeness (QED) is 0.321. The number of halogens is 4. The van der Waals surface area contributed by atoms with Crippen molar-refractivity contribution in [1.82, 2.24) is 0 Å². The molecule has 2 nitrogen and oxygen atoms in total. The van der Waals surface area contributed by atoms with E-state index in [1.54, 1.807) is 0 Å². The van der Waals surface area contributed by atoms with Crippen molar-refractivity contribution in [2.75, 3.05) is 0 Å². The van der Waals surface area contributed by atoms with Crippen LogP contribution in [0.3, 0.4) is 0 Å². The van der Waals surface area contributed by atoms with Crippen LogP contribution in [-0.4, -0.2) is 18.0 Å². The minimum absolute atomic E-state index is 0.177. The van der Waals surface area contributed by atoms with Gasteiger partial charge in [-0.15, -0.1) is 0 Å². The second kappa shape index (κ2) is 5.54. The Morgan fingerprint density at radius 1 is 1.33 bits per heavy atom. The zero-order chi connectivity index (χ0) is 13.8. The van der Waals surface area contributed by atoms with Crippen molar-refractivity contribution in [2.24, 2.45) is 4.99 Å². The van der Waals surface area contributed by atoms with Crippen molar-refractivity contribution < 1.29 is 22.3 Å². The first kappa shape index (κ1) is 14.7. The van der Waals surface area contributed by atoms with Gasteiger partial charge in [0.15, 0.2) is 5.83 Å². The Kier molecular flexibility index (Phi) is 4.53. The van der Waals surface area contributed by atoms with E-state index in [0.717, 1.165) is 6.08 Å². The lowest BCUT2D eigenvalue weighted by Gasteiger charge is -2.32. The summed E-state index contributed by atoms with van der Waals surface area (Å²) in [5, 5.41) is 0. The Morgan fingerprint density at radius 3 is 2.28 bits per heavy atom. The highest BCUT2D eigenvalue weighted by atomic mass is 19.4. The van der Waals surface area contributed by atoms with Gasteiger partial charge in [0.2, 0.25) is 5.60 Å². The van der Waals surface area contributed by atoms with E-state index in [0.29, 0.717) is 12.8 Å². The molecule has 0 radical (unpaired) electrons. The fourth-order valence-corrected chi connectivity index (χ4v) is 1.92. The van der Waals surface area contributed by atoms with Crippen LogP contribution >= 0.6 is 0 Å². The molecule has 0 amide bonds. The molecule has 0 N–H and O–H groups in total. The van der Waals surface area contributed by atoms with Gasteiger partial charge in [-0.1, -0.05) is 6.58 Å². The molecule has 0 atom stereocenters. The van der Waals surface area contributed by atoms with Crippen LogP contribution in [0.1, 0.15) is 32.6 Å². The largest absolute Gasteiger partial charge is 0.459 e. The average Bonchev–Trinajstić information content (AvgIpc) is 2.76. The molecule has 0 aliphatic heterocycles. The summed E-state index contributed by atoms with van der Waals surface area (Å²) in [6.07, 6.45) is -2.14. The van der Waals surface area contributed by atoms with Gasteiger partial charge in [0.25, 0.3) is 5.88 Å². The van der Waals surface area contributed by atoms with E-state index < -0.39 is 23.5 Å². The third kappa shape index (κ3) is 2.91. The molecule has 1 aliphatic carbocycles. The fraction of sp³-hybridized carbons (Fsp3) is 0.583. The molecule has 6 heteroatoms. The van der Waals surface area contributed by atoms with Gasteiger partial charge in [-0.25, -0.2) is 9.38 Å². The number of ether oxygens (including phenoxy) is 1. The van der Waals surface area contributed by atoms with Gasteiger partial charge in [0.05, 0.1) is 0 Å². The first-order chi connectivity index (χ1) is 8.36. The highest BCUT2D eigenvalue weighted by Crippen LogP contribution is 2.47. The summed E-state index contributed by atoms with van der Waals surface area (Å²) in [6, 6.07) is 0. The second-order valence-electron chi connectivity index (χ2n) is 4.05. The van der Waals surface area contributed by atoms with E-state index in [9.17, 15) is 17.6 Å². The summed E-state index contributed by atoms with van der Waals surface area (Å²) >= 11 is 0. The van der Waals surface area contributed by atoms with Crippen LogP contribution in [0.2, 0.25) is 0 Å². The third-order valence-electron chi connectivity index (χ3n) is 2.85. The zero-order valence-electron chi connectivity index (χ0n) is 10.1. The van der Waals surface area contributed by atoms with E-state index in [2.05, 4.69) is 11.6 Å². The predicted octanol–water partition coefficient (Wildman–Crippen LogP) is 4.29. The first-order valence-corrected chi connectivity index (χ1v) is 5.63. The van der Waals surface area contributed by atoms with Crippen LogP contribution in [0.5, 0.6) is 0 Å². The Balaban J connectivity index is 3.07. The lowest BCUT2D eigenvalue weighted by molar-refractivity contribution is -0.264. The molecular formula is C12H15F4NO. The van der Waals surface area contributed by atoms with Crippen molar-refractivity contribution in [3.63, 3.8) is 0 Å².